The second-order valence-electron chi connectivity index (χ2n) is 7.25. The first-order valence-electron chi connectivity index (χ1n) is 10.1. The van der Waals surface area contributed by atoms with E-state index >= 15 is 0 Å². The lowest BCUT2D eigenvalue weighted by Crippen LogP contribution is -2.34. The van der Waals surface area contributed by atoms with Crippen LogP contribution in [0.4, 0.5) is 0 Å². The average Bonchev–Trinajstić information content (AvgIpc) is 2.81. The number of rotatable bonds is 7. The highest BCUT2D eigenvalue weighted by Gasteiger charge is 2.11. The van der Waals surface area contributed by atoms with Crippen LogP contribution in [0.15, 0.2) is 83.7 Å². The van der Waals surface area contributed by atoms with E-state index in [0.717, 1.165) is 16.5 Å². The van der Waals surface area contributed by atoms with E-state index in [-0.39, 0.29) is 18.0 Å². The summed E-state index contributed by atoms with van der Waals surface area (Å²) in [4.78, 5) is 25.2. The van der Waals surface area contributed by atoms with Gasteiger partial charge < -0.3 is 10.1 Å². The molecule has 0 unspecified atom stereocenters. The Morgan fingerprint density at radius 2 is 1.61 bits per heavy atom. The summed E-state index contributed by atoms with van der Waals surface area (Å²) in [5.74, 6) is 0.422. The van der Waals surface area contributed by atoms with Crippen LogP contribution in [0.2, 0.25) is 0 Å². The second-order valence-corrected chi connectivity index (χ2v) is 7.25. The molecule has 0 spiro atoms. The van der Waals surface area contributed by atoms with Crippen LogP contribution in [0, 0.1) is 6.92 Å². The lowest BCUT2D eigenvalue weighted by Gasteiger charge is -2.13. The van der Waals surface area contributed by atoms with E-state index in [4.69, 9.17) is 4.74 Å². The second kappa shape index (κ2) is 9.26. The van der Waals surface area contributed by atoms with Gasteiger partial charge in [0.15, 0.2) is 0 Å². The quantitative estimate of drug-likeness (QED) is 0.502. The number of fused-ring (bicyclic) bond motifs is 1. The van der Waals surface area contributed by atoms with E-state index in [2.05, 4.69) is 10.4 Å². The van der Waals surface area contributed by atoms with Crippen molar-refractivity contribution in [1.82, 2.24) is 15.1 Å². The molecule has 0 fully saturated rings. The Balaban J connectivity index is 1.42. The normalized spacial score (nSPS) is 10.7. The maximum Gasteiger partial charge on any atom is 0.275 e. The molecule has 4 aromatic rings. The number of para-hydroxylation sites is 1. The topological polar surface area (TPSA) is 73.2 Å². The summed E-state index contributed by atoms with van der Waals surface area (Å²) in [5.41, 5.74) is 2.37. The Hall–Kier alpha value is -3.93. The van der Waals surface area contributed by atoms with E-state index in [1.54, 1.807) is 12.1 Å². The minimum atomic E-state index is -0.290. The maximum atomic E-state index is 12.7. The highest BCUT2D eigenvalue weighted by atomic mass is 16.5. The van der Waals surface area contributed by atoms with Crippen molar-refractivity contribution < 1.29 is 9.53 Å². The van der Waals surface area contributed by atoms with Crippen LogP contribution in [-0.2, 0) is 24.5 Å². The molecular formula is C25H23N3O3. The largest absolute Gasteiger partial charge is 0.489 e. The maximum absolute atomic E-state index is 12.7. The first kappa shape index (κ1) is 20.3. The number of benzene rings is 3. The minimum absolute atomic E-state index is 0.141. The van der Waals surface area contributed by atoms with Gasteiger partial charge in [-0.3, -0.25) is 9.59 Å². The zero-order valence-electron chi connectivity index (χ0n) is 17.2. The highest BCUT2D eigenvalue weighted by molar-refractivity contribution is 5.83. The zero-order valence-corrected chi connectivity index (χ0v) is 17.2. The molecule has 0 bridgehead atoms. The standard InChI is InChI=1S/C25H23N3O3/c1-18-21-12-6-7-13-22(21)25(30)28(27-18)16-24(29)26-15-20-11-5-8-14-23(20)31-17-19-9-3-2-4-10-19/h2-14H,15-17H2,1H3,(H,26,29). The van der Waals surface area contributed by atoms with Gasteiger partial charge in [0, 0.05) is 17.5 Å². The fraction of sp³-hybridized carbons (Fsp3) is 0.160. The van der Waals surface area contributed by atoms with E-state index in [9.17, 15) is 9.59 Å². The SMILES string of the molecule is Cc1nn(CC(=O)NCc2ccccc2OCc2ccccc2)c(=O)c2ccccc12. The van der Waals surface area contributed by atoms with Crippen molar-refractivity contribution in [3.63, 3.8) is 0 Å². The van der Waals surface area contributed by atoms with E-state index < -0.39 is 0 Å². The summed E-state index contributed by atoms with van der Waals surface area (Å²) in [7, 11) is 0. The van der Waals surface area contributed by atoms with Gasteiger partial charge in [-0.1, -0.05) is 66.7 Å². The molecule has 4 rings (SSSR count). The number of nitrogens with zero attached hydrogens (tertiary/aromatic N) is 2. The van der Waals surface area contributed by atoms with E-state index in [0.29, 0.717) is 30.0 Å². The number of aryl methyl sites for hydroxylation is 1. The summed E-state index contributed by atoms with van der Waals surface area (Å²) in [6, 6.07) is 24.8. The summed E-state index contributed by atoms with van der Waals surface area (Å²) >= 11 is 0. The zero-order chi connectivity index (χ0) is 21.6. The van der Waals surface area contributed by atoms with Crippen LogP contribution in [0.1, 0.15) is 16.8 Å². The van der Waals surface area contributed by atoms with Gasteiger partial charge in [-0.15, -0.1) is 0 Å². The number of nitrogens with one attached hydrogen (secondary N) is 1. The molecule has 1 aromatic heterocycles. The first-order valence-corrected chi connectivity index (χ1v) is 10.1. The smallest absolute Gasteiger partial charge is 0.275 e. The fourth-order valence-corrected chi connectivity index (χ4v) is 3.42. The number of amides is 1. The van der Waals surface area contributed by atoms with E-state index in [1.165, 1.54) is 4.68 Å². The molecular weight excluding hydrogens is 390 g/mol. The molecule has 1 N–H and O–H groups in total. The van der Waals surface area contributed by atoms with Gasteiger partial charge in [0.2, 0.25) is 5.91 Å². The molecule has 1 amide bonds. The Kier molecular flexibility index (Phi) is 6.08. The molecule has 3 aromatic carbocycles. The minimum Gasteiger partial charge on any atom is -0.489 e. The number of ether oxygens (including phenoxy) is 1. The van der Waals surface area contributed by atoms with Crippen LogP contribution in [-0.4, -0.2) is 15.7 Å². The number of carbonyl (C=O) groups excluding carboxylic acids is 1. The van der Waals surface area contributed by atoms with Gasteiger partial charge >= 0.3 is 0 Å². The average molecular weight is 413 g/mol. The van der Waals surface area contributed by atoms with Crippen LogP contribution in [0.5, 0.6) is 5.75 Å². The van der Waals surface area contributed by atoms with Gasteiger partial charge in [-0.25, -0.2) is 4.68 Å². The van der Waals surface area contributed by atoms with Crippen LogP contribution in [0.3, 0.4) is 0 Å². The predicted molar refractivity (Wildman–Crippen MR) is 120 cm³/mol. The van der Waals surface area contributed by atoms with Gasteiger partial charge in [0.1, 0.15) is 18.9 Å². The molecule has 1 heterocycles. The molecule has 156 valence electrons. The van der Waals surface area contributed by atoms with Crippen molar-refractivity contribution in [2.24, 2.45) is 0 Å². The number of aromatic nitrogens is 2. The van der Waals surface area contributed by atoms with Crippen molar-refractivity contribution in [3.05, 3.63) is 106 Å². The first-order chi connectivity index (χ1) is 15.1. The highest BCUT2D eigenvalue weighted by Crippen LogP contribution is 2.19. The van der Waals surface area contributed by atoms with Crippen molar-refractivity contribution in [2.75, 3.05) is 0 Å². The molecule has 0 radical (unpaired) electrons. The van der Waals surface area contributed by atoms with Gasteiger partial charge in [-0.2, -0.15) is 5.10 Å². The monoisotopic (exact) mass is 413 g/mol. The van der Waals surface area contributed by atoms with Gasteiger partial charge in [0.25, 0.3) is 5.56 Å². The van der Waals surface area contributed by atoms with Crippen molar-refractivity contribution in [3.8, 4) is 5.75 Å². The number of carbonyl (C=O) groups is 1. The molecule has 6 nitrogen and oxygen atoms in total. The third-order valence-electron chi connectivity index (χ3n) is 5.03. The van der Waals surface area contributed by atoms with Crippen LogP contribution in [0.25, 0.3) is 10.8 Å². The summed E-state index contributed by atoms with van der Waals surface area (Å²) in [6.45, 7) is 2.43. The lowest BCUT2D eigenvalue weighted by atomic mass is 10.1. The molecule has 0 aliphatic carbocycles. The molecule has 0 saturated heterocycles. The van der Waals surface area contributed by atoms with Crippen LogP contribution < -0.4 is 15.6 Å². The molecule has 0 aliphatic rings. The van der Waals surface area contributed by atoms with Crippen molar-refractivity contribution in [2.45, 2.75) is 26.6 Å². The third-order valence-corrected chi connectivity index (χ3v) is 5.03. The van der Waals surface area contributed by atoms with Crippen molar-refractivity contribution in [1.29, 1.82) is 0 Å². The summed E-state index contributed by atoms with van der Waals surface area (Å²) in [5, 5.41) is 8.51. The Labute approximate surface area is 180 Å². The Morgan fingerprint density at radius 1 is 0.935 bits per heavy atom. The predicted octanol–water partition coefficient (Wildman–Crippen LogP) is 3.60. The Bertz CT molecular complexity index is 1270. The third kappa shape index (κ3) is 4.80. The summed E-state index contributed by atoms with van der Waals surface area (Å²) < 4.78 is 7.15. The summed E-state index contributed by atoms with van der Waals surface area (Å²) in [6.07, 6.45) is 0. The fourth-order valence-electron chi connectivity index (χ4n) is 3.42. The van der Waals surface area contributed by atoms with Gasteiger partial charge in [0.05, 0.1) is 11.1 Å². The number of hydrogen-bond donors (Lipinski definition) is 1. The molecule has 6 heteroatoms. The Morgan fingerprint density at radius 3 is 2.42 bits per heavy atom. The molecule has 0 aliphatic heterocycles. The van der Waals surface area contributed by atoms with Crippen LogP contribution >= 0.6 is 0 Å². The number of hydrogen-bond acceptors (Lipinski definition) is 4. The van der Waals surface area contributed by atoms with E-state index in [1.807, 2.05) is 73.7 Å². The molecule has 31 heavy (non-hydrogen) atoms. The lowest BCUT2D eigenvalue weighted by molar-refractivity contribution is -0.122. The van der Waals surface area contributed by atoms with Crippen molar-refractivity contribution >= 4 is 16.7 Å². The van der Waals surface area contributed by atoms with Gasteiger partial charge in [-0.05, 0) is 24.6 Å². The molecule has 0 atom stereocenters. The molecule has 0 saturated carbocycles.